The standard InChI is InChI=1S/C36H46ClN3O5S/c1-4-28-10-6-7-11-32(44-3)29-15-12-26(29)21-40-22-36(18-8-9-24-19-27(37)14-16-30(24)36)23-45-33-17-13-25(20-31(33)40)35(42)39-46(28,43)38-34(41)5-2/h7,11,13-14,16-17,19-20,26,28-29,32H,4-6,8-10,12,15,18,21-23H2,1-3H3,(H,38,39,41,42,43)/b11-7-/t26-,28+,29+,32-,36-,46?/m0/s1. The second kappa shape index (κ2) is 13.7. The summed E-state index contributed by atoms with van der Waals surface area (Å²) in [6.07, 6.45) is 11.3. The molecule has 0 saturated heterocycles. The number of hydrogen-bond donors (Lipinski definition) is 1. The third-order valence-corrected chi connectivity index (χ3v) is 13.3. The summed E-state index contributed by atoms with van der Waals surface area (Å²) < 4.78 is 34.0. The smallest absolute Gasteiger partial charge is 0.286 e. The number of hydrogen-bond acceptors (Lipinski definition) is 6. The first-order valence-electron chi connectivity index (χ1n) is 16.8. The maximum Gasteiger partial charge on any atom is 0.286 e. The highest BCUT2D eigenvalue weighted by molar-refractivity contribution is 7.93. The van der Waals surface area contributed by atoms with Gasteiger partial charge in [0.05, 0.1) is 23.6 Å². The first-order valence-corrected chi connectivity index (χ1v) is 18.7. The van der Waals surface area contributed by atoms with Gasteiger partial charge in [0.2, 0.25) is 5.91 Å². The van der Waals surface area contributed by atoms with Crippen LogP contribution in [0, 0.1) is 11.8 Å². The molecule has 2 bridgehead atoms. The Morgan fingerprint density at radius 1 is 1.20 bits per heavy atom. The van der Waals surface area contributed by atoms with Gasteiger partial charge in [0.15, 0.2) is 0 Å². The van der Waals surface area contributed by atoms with Crippen molar-refractivity contribution in [3.8, 4) is 5.75 Å². The number of rotatable bonds is 4. The molecule has 6 atom stereocenters. The van der Waals surface area contributed by atoms with Crippen LogP contribution < -0.4 is 14.4 Å². The van der Waals surface area contributed by atoms with Gasteiger partial charge in [-0.3, -0.25) is 14.3 Å². The number of anilines is 1. The summed E-state index contributed by atoms with van der Waals surface area (Å²) in [4.78, 5) is 28.8. The Morgan fingerprint density at radius 3 is 2.78 bits per heavy atom. The highest BCUT2D eigenvalue weighted by Gasteiger charge is 2.44. The monoisotopic (exact) mass is 667 g/mol. The molecule has 2 amide bonds. The number of ether oxygens (including phenoxy) is 2. The van der Waals surface area contributed by atoms with Gasteiger partial charge < -0.3 is 14.4 Å². The molecule has 6 rings (SSSR count). The third-order valence-electron chi connectivity index (χ3n) is 10.6. The second-order valence-corrected chi connectivity index (χ2v) is 16.0. The first-order chi connectivity index (χ1) is 22.2. The lowest BCUT2D eigenvalue weighted by Gasteiger charge is -2.46. The van der Waals surface area contributed by atoms with Gasteiger partial charge in [0.1, 0.15) is 15.7 Å². The van der Waals surface area contributed by atoms with Gasteiger partial charge in [-0.25, -0.2) is 4.21 Å². The summed E-state index contributed by atoms with van der Waals surface area (Å²) in [6, 6.07) is 11.6. The van der Waals surface area contributed by atoms with Crippen LogP contribution in [0.2, 0.25) is 5.02 Å². The van der Waals surface area contributed by atoms with Crippen molar-refractivity contribution in [2.75, 3.05) is 31.7 Å². The van der Waals surface area contributed by atoms with Crippen molar-refractivity contribution in [3.63, 3.8) is 0 Å². The molecule has 46 heavy (non-hydrogen) atoms. The molecule has 2 aromatic carbocycles. The predicted molar refractivity (Wildman–Crippen MR) is 183 cm³/mol. The Balaban J connectivity index is 1.46. The molecule has 1 unspecified atom stereocenters. The number of nitrogens with one attached hydrogen (secondary N) is 1. The molecular weight excluding hydrogens is 622 g/mol. The van der Waals surface area contributed by atoms with E-state index in [-0.39, 0.29) is 23.8 Å². The number of nitrogens with zero attached hydrogens (tertiary/aromatic N) is 2. The molecule has 0 radical (unpaired) electrons. The van der Waals surface area contributed by atoms with E-state index < -0.39 is 21.1 Å². The van der Waals surface area contributed by atoms with Crippen molar-refractivity contribution in [2.24, 2.45) is 16.2 Å². The normalized spacial score (nSPS) is 31.7. The fourth-order valence-electron chi connectivity index (χ4n) is 7.87. The number of carbonyl (C=O) groups excluding carboxylic acids is 2. The maximum absolute atomic E-state index is 14.4. The minimum Gasteiger partial charge on any atom is -0.490 e. The van der Waals surface area contributed by atoms with Gasteiger partial charge >= 0.3 is 0 Å². The van der Waals surface area contributed by atoms with E-state index in [1.54, 1.807) is 20.1 Å². The van der Waals surface area contributed by atoms with Crippen LogP contribution in [0.3, 0.4) is 0 Å². The van der Waals surface area contributed by atoms with Gasteiger partial charge in [-0.2, -0.15) is 0 Å². The molecule has 4 aliphatic rings. The van der Waals surface area contributed by atoms with Crippen molar-refractivity contribution >= 4 is 39.0 Å². The Labute approximate surface area is 278 Å². The molecule has 2 aliphatic carbocycles. The molecule has 1 spiro atoms. The summed E-state index contributed by atoms with van der Waals surface area (Å²) in [5.41, 5.74) is 3.50. The predicted octanol–water partition coefficient (Wildman–Crippen LogP) is 7.03. The molecule has 2 aromatic rings. The van der Waals surface area contributed by atoms with Crippen LogP contribution in [0.15, 0.2) is 52.9 Å². The van der Waals surface area contributed by atoms with Crippen LogP contribution in [0.4, 0.5) is 5.69 Å². The Hall–Kier alpha value is -2.88. The van der Waals surface area contributed by atoms with Crippen molar-refractivity contribution in [3.05, 3.63) is 70.3 Å². The fraction of sp³-hybridized carbons (Fsp3) is 0.556. The van der Waals surface area contributed by atoms with Crippen molar-refractivity contribution in [2.45, 2.75) is 88.4 Å². The highest BCUT2D eigenvalue weighted by Crippen LogP contribution is 2.47. The molecule has 2 heterocycles. The molecular formula is C36H46ClN3O5S. The third kappa shape index (κ3) is 6.47. The maximum atomic E-state index is 14.4. The van der Waals surface area contributed by atoms with Gasteiger partial charge in [-0.1, -0.05) is 43.7 Å². The lowest BCUT2D eigenvalue weighted by atomic mass is 9.68. The molecule has 248 valence electrons. The van der Waals surface area contributed by atoms with E-state index in [1.165, 1.54) is 11.1 Å². The minimum absolute atomic E-state index is 0.0253. The van der Waals surface area contributed by atoms with Crippen LogP contribution >= 0.6 is 11.6 Å². The van der Waals surface area contributed by atoms with E-state index in [4.69, 9.17) is 21.1 Å². The minimum atomic E-state index is -3.39. The second-order valence-electron chi connectivity index (χ2n) is 13.4. The SMILES string of the molecule is CCC(=O)NS1(=O)=NC(=O)c2ccc3c(c2)N(C[C@@H]2CC[C@H]2[C@@H](OC)/C=C\CC[C@H]1CC)C[C@@]1(CCCc2cc(Cl)ccc21)CO3. The Morgan fingerprint density at radius 2 is 2.04 bits per heavy atom. The summed E-state index contributed by atoms with van der Waals surface area (Å²) >= 11 is 6.44. The topological polar surface area (TPSA) is 97.3 Å². The zero-order chi connectivity index (χ0) is 32.5. The first kappa shape index (κ1) is 33.0. The summed E-state index contributed by atoms with van der Waals surface area (Å²) in [6.45, 7) is 5.68. The number of halogens is 1. The number of carbonyl (C=O) groups is 2. The lowest BCUT2D eigenvalue weighted by molar-refractivity contribution is -0.119. The van der Waals surface area contributed by atoms with Crippen LogP contribution in [-0.4, -0.2) is 54.2 Å². The Bertz CT molecular complexity index is 1640. The fourth-order valence-corrected chi connectivity index (χ4v) is 10.2. The van der Waals surface area contributed by atoms with Gasteiger partial charge in [0.25, 0.3) is 5.91 Å². The zero-order valence-electron chi connectivity index (χ0n) is 27.1. The highest BCUT2D eigenvalue weighted by atomic mass is 35.5. The van der Waals surface area contributed by atoms with E-state index in [0.29, 0.717) is 43.3 Å². The number of aryl methyl sites for hydroxylation is 1. The molecule has 0 aromatic heterocycles. The average molecular weight is 668 g/mol. The van der Waals surface area contributed by atoms with E-state index >= 15 is 0 Å². The largest absolute Gasteiger partial charge is 0.490 e. The molecule has 1 N–H and O–H groups in total. The van der Waals surface area contributed by atoms with Crippen molar-refractivity contribution < 1.29 is 23.3 Å². The van der Waals surface area contributed by atoms with E-state index in [0.717, 1.165) is 61.7 Å². The summed E-state index contributed by atoms with van der Waals surface area (Å²) in [5, 5.41) is 0.265. The van der Waals surface area contributed by atoms with Crippen LogP contribution in [0.5, 0.6) is 5.75 Å². The molecule has 1 saturated carbocycles. The lowest BCUT2D eigenvalue weighted by Crippen LogP contribution is -2.49. The number of fused-ring (bicyclic) bond motifs is 4. The van der Waals surface area contributed by atoms with Crippen molar-refractivity contribution in [1.82, 2.24) is 4.72 Å². The van der Waals surface area contributed by atoms with E-state index in [9.17, 15) is 13.8 Å². The van der Waals surface area contributed by atoms with Crippen LogP contribution in [0.1, 0.15) is 86.7 Å². The molecule has 10 heteroatoms. The average Bonchev–Trinajstić information content (AvgIpc) is 3.18. The zero-order valence-corrected chi connectivity index (χ0v) is 28.7. The van der Waals surface area contributed by atoms with Gasteiger partial charge in [0, 0.05) is 42.6 Å². The van der Waals surface area contributed by atoms with Crippen molar-refractivity contribution in [1.29, 1.82) is 0 Å². The summed E-state index contributed by atoms with van der Waals surface area (Å²) in [7, 11) is -1.62. The van der Waals surface area contributed by atoms with Crippen LogP contribution in [-0.2, 0) is 31.3 Å². The summed E-state index contributed by atoms with van der Waals surface area (Å²) in [5.74, 6) is 0.518. The number of benzene rings is 2. The van der Waals surface area contributed by atoms with Crippen LogP contribution in [0.25, 0.3) is 0 Å². The van der Waals surface area contributed by atoms with Gasteiger partial charge in [-0.15, -0.1) is 4.36 Å². The number of methoxy groups -OCH3 is 1. The molecule has 1 fully saturated rings. The number of allylic oxidation sites excluding steroid dienone is 1. The number of amides is 2. The van der Waals surface area contributed by atoms with E-state index in [2.05, 4.69) is 38.3 Å². The molecule has 8 nitrogen and oxygen atoms in total. The quantitative estimate of drug-likeness (QED) is 0.352. The van der Waals surface area contributed by atoms with Gasteiger partial charge in [-0.05, 0) is 105 Å². The molecule has 2 aliphatic heterocycles. The van der Waals surface area contributed by atoms with E-state index in [1.807, 2.05) is 25.1 Å². The Kier molecular flexibility index (Phi) is 9.83.